The van der Waals surface area contributed by atoms with Crippen LogP contribution in [0.1, 0.15) is 30.0 Å². The monoisotopic (exact) mass is 314 g/mol. The maximum absolute atomic E-state index is 12.6. The summed E-state index contributed by atoms with van der Waals surface area (Å²) in [5, 5.41) is 3.70. The molecule has 114 valence electrons. The molecule has 1 saturated heterocycles. The third-order valence-corrected chi connectivity index (χ3v) is 4.42. The van der Waals surface area contributed by atoms with Crippen molar-refractivity contribution in [1.29, 1.82) is 0 Å². The average Bonchev–Trinajstić information content (AvgIpc) is 2.99. The Labute approximate surface area is 135 Å². The summed E-state index contributed by atoms with van der Waals surface area (Å²) >= 11 is 6.29. The number of carbonyl (C=O) groups is 1. The van der Waals surface area contributed by atoms with E-state index in [1.165, 1.54) is 5.56 Å². The van der Waals surface area contributed by atoms with Crippen molar-refractivity contribution in [3.63, 3.8) is 0 Å². The molecule has 0 bridgehead atoms. The molecule has 2 aromatic rings. The van der Waals surface area contributed by atoms with Crippen LogP contribution < -0.4 is 5.32 Å². The largest absolute Gasteiger partial charge is 0.322 e. The molecule has 1 atom stereocenters. The maximum atomic E-state index is 12.6. The van der Waals surface area contributed by atoms with Crippen LogP contribution in [0, 0.1) is 6.92 Å². The SMILES string of the molecule is Cc1ccc(NC(=O)N2CCC[C@H]2c2ccccc2Cl)cc1. The highest BCUT2D eigenvalue weighted by atomic mass is 35.5. The highest BCUT2D eigenvalue weighted by Gasteiger charge is 2.31. The van der Waals surface area contributed by atoms with Crippen molar-refractivity contribution < 1.29 is 4.79 Å². The number of carbonyl (C=O) groups excluding carboxylic acids is 1. The van der Waals surface area contributed by atoms with Crippen LogP contribution >= 0.6 is 11.6 Å². The molecule has 1 aliphatic rings. The lowest BCUT2D eigenvalue weighted by Crippen LogP contribution is -2.34. The van der Waals surface area contributed by atoms with E-state index in [0.717, 1.165) is 35.7 Å². The van der Waals surface area contributed by atoms with Gasteiger partial charge in [0.1, 0.15) is 0 Å². The molecule has 1 aliphatic heterocycles. The van der Waals surface area contributed by atoms with E-state index in [2.05, 4.69) is 5.32 Å². The third kappa shape index (κ3) is 3.09. The second-order valence-electron chi connectivity index (χ2n) is 5.67. The number of aryl methyl sites for hydroxylation is 1. The van der Waals surface area contributed by atoms with Gasteiger partial charge in [-0.1, -0.05) is 47.5 Å². The summed E-state index contributed by atoms with van der Waals surface area (Å²) in [7, 11) is 0. The minimum Gasteiger partial charge on any atom is -0.317 e. The molecular formula is C18H19ClN2O. The van der Waals surface area contributed by atoms with Crippen molar-refractivity contribution in [2.75, 3.05) is 11.9 Å². The Morgan fingerprint density at radius 1 is 1.18 bits per heavy atom. The summed E-state index contributed by atoms with van der Waals surface area (Å²) in [4.78, 5) is 14.4. The maximum Gasteiger partial charge on any atom is 0.322 e. The summed E-state index contributed by atoms with van der Waals surface area (Å²) < 4.78 is 0. The van der Waals surface area contributed by atoms with Gasteiger partial charge in [-0.05, 0) is 43.5 Å². The smallest absolute Gasteiger partial charge is 0.317 e. The zero-order chi connectivity index (χ0) is 15.5. The Kier molecular flexibility index (Phi) is 4.34. The van der Waals surface area contributed by atoms with Gasteiger partial charge in [-0.3, -0.25) is 0 Å². The number of likely N-dealkylation sites (tertiary alicyclic amines) is 1. The number of urea groups is 1. The Bertz CT molecular complexity index is 669. The number of benzene rings is 2. The molecule has 1 fully saturated rings. The van der Waals surface area contributed by atoms with Gasteiger partial charge in [0, 0.05) is 17.3 Å². The van der Waals surface area contributed by atoms with Crippen molar-refractivity contribution in [1.82, 2.24) is 4.90 Å². The van der Waals surface area contributed by atoms with Crippen molar-refractivity contribution in [3.8, 4) is 0 Å². The third-order valence-electron chi connectivity index (χ3n) is 4.08. The Balaban J connectivity index is 1.76. The number of nitrogens with zero attached hydrogens (tertiary/aromatic N) is 1. The normalized spacial score (nSPS) is 17.5. The fraction of sp³-hybridized carbons (Fsp3) is 0.278. The van der Waals surface area contributed by atoms with Gasteiger partial charge in [-0.2, -0.15) is 0 Å². The first-order valence-corrected chi connectivity index (χ1v) is 7.91. The van der Waals surface area contributed by atoms with Gasteiger partial charge in [0.2, 0.25) is 0 Å². The van der Waals surface area contributed by atoms with Gasteiger partial charge < -0.3 is 10.2 Å². The van der Waals surface area contributed by atoms with Gasteiger partial charge in [0.05, 0.1) is 6.04 Å². The van der Waals surface area contributed by atoms with Crippen LogP contribution in [0.25, 0.3) is 0 Å². The molecule has 1 heterocycles. The van der Waals surface area contributed by atoms with Crippen molar-refractivity contribution in [2.24, 2.45) is 0 Å². The van der Waals surface area contributed by atoms with Crippen LogP contribution in [-0.4, -0.2) is 17.5 Å². The molecule has 0 unspecified atom stereocenters. The molecule has 4 heteroatoms. The molecule has 3 rings (SSSR count). The molecule has 0 spiro atoms. The molecule has 0 saturated carbocycles. The number of amides is 2. The molecule has 0 radical (unpaired) electrons. The lowest BCUT2D eigenvalue weighted by Gasteiger charge is -2.26. The fourth-order valence-corrected chi connectivity index (χ4v) is 3.17. The van der Waals surface area contributed by atoms with E-state index < -0.39 is 0 Å². The summed E-state index contributed by atoms with van der Waals surface area (Å²) in [6, 6.07) is 15.6. The summed E-state index contributed by atoms with van der Waals surface area (Å²) in [6.07, 6.45) is 1.95. The summed E-state index contributed by atoms with van der Waals surface area (Å²) in [5.74, 6) is 0. The molecule has 2 aromatic carbocycles. The molecular weight excluding hydrogens is 296 g/mol. The predicted octanol–water partition coefficient (Wildman–Crippen LogP) is 5.02. The second-order valence-corrected chi connectivity index (χ2v) is 6.08. The first-order valence-electron chi connectivity index (χ1n) is 7.54. The van der Waals surface area contributed by atoms with Crippen LogP contribution in [0.5, 0.6) is 0 Å². The standard InChI is InChI=1S/C18H19ClN2O/c1-13-8-10-14(11-9-13)20-18(22)21-12-4-7-17(21)15-5-2-3-6-16(15)19/h2-3,5-6,8-11,17H,4,7,12H2,1H3,(H,20,22)/t17-/m0/s1. The van der Waals surface area contributed by atoms with Gasteiger partial charge in [-0.25, -0.2) is 4.79 Å². The topological polar surface area (TPSA) is 32.3 Å². The minimum absolute atomic E-state index is 0.0548. The number of halogens is 1. The number of hydrogen-bond acceptors (Lipinski definition) is 1. The zero-order valence-corrected chi connectivity index (χ0v) is 13.3. The first-order chi connectivity index (χ1) is 10.6. The summed E-state index contributed by atoms with van der Waals surface area (Å²) in [5.41, 5.74) is 3.02. The van der Waals surface area contributed by atoms with Gasteiger partial charge in [0.25, 0.3) is 0 Å². The quantitative estimate of drug-likeness (QED) is 0.829. The van der Waals surface area contributed by atoms with Crippen LogP contribution in [0.15, 0.2) is 48.5 Å². The molecule has 0 aromatic heterocycles. The van der Waals surface area contributed by atoms with Gasteiger partial charge in [-0.15, -0.1) is 0 Å². The van der Waals surface area contributed by atoms with Crippen molar-refractivity contribution >= 4 is 23.3 Å². The van der Waals surface area contributed by atoms with Crippen LogP contribution in [-0.2, 0) is 0 Å². The Morgan fingerprint density at radius 3 is 2.64 bits per heavy atom. The summed E-state index contributed by atoms with van der Waals surface area (Å²) in [6.45, 7) is 2.78. The molecule has 1 N–H and O–H groups in total. The average molecular weight is 315 g/mol. The number of nitrogens with one attached hydrogen (secondary N) is 1. The van der Waals surface area contributed by atoms with E-state index in [1.807, 2.05) is 60.4 Å². The predicted molar refractivity (Wildman–Crippen MR) is 90.3 cm³/mol. The van der Waals surface area contributed by atoms with E-state index in [0.29, 0.717) is 0 Å². The lowest BCUT2D eigenvalue weighted by atomic mass is 10.0. The van der Waals surface area contributed by atoms with Gasteiger partial charge in [0.15, 0.2) is 0 Å². The van der Waals surface area contributed by atoms with E-state index in [-0.39, 0.29) is 12.1 Å². The van der Waals surface area contributed by atoms with Crippen LogP contribution in [0.2, 0.25) is 5.02 Å². The Morgan fingerprint density at radius 2 is 1.91 bits per heavy atom. The Hall–Kier alpha value is -2.00. The molecule has 2 amide bonds. The van der Waals surface area contributed by atoms with Crippen molar-refractivity contribution in [2.45, 2.75) is 25.8 Å². The number of rotatable bonds is 2. The first kappa shape index (κ1) is 14.9. The van der Waals surface area contributed by atoms with Crippen LogP contribution in [0.4, 0.5) is 10.5 Å². The molecule has 0 aliphatic carbocycles. The van der Waals surface area contributed by atoms with Crippen molar-refractivity contribution in [3.05, 3.63) is 64.7 Å². The number of anilines is 1. The number of hydrogen-bond donors (Lipinski definition) is 1. The minimum atomic E-state index is -0.0636. The fourth-order valence-electron chi connectivity index (χ4n) is 2.91. The molecule has 22 heavy (non-hydrogen) atoms. The van der Waals surface area contributed by atoms with E-state index in [4.69, 9.17) is 11.6 Å². The van der Waals surface area contributed by atoms with E-state index in [1.54, 1.807) is 0 Å². The van der Waals surface area contributed by atoms with E-state index in [9.17, 15) is 4.79 Å². The molecule has 3 nitrogen and oxygen atoms in total. The zero-order valence-electron chi connectivity index (χ0n) is 12.6. The van der Waals surface area contributed by atoms with E-state index >= 15 is 0 Å². The van der Waals surface area contributed by atoms with Gasteiger partial charge >= 0.3 is 6.03 Å². The highest BCUT2D eigenvalue weighted by Crippen LogP contribution is 2.35. The lowest BCUT2D eigenvalue weighted by molar-refractivity contribution is 0.207. The second kappa shape index (κ2) is 6.41. The highest BCUT2D eigenvalue weighted by molar-refractivity contribution is 6.31. The van der Waals surface area contributed by atoms with Crippen LogP contribution in [0.3, 0.4) is 0 Å².